The number of hydrogen-bond acceptors (Lipinski definition) is 5. The van der Waals surface area contributed by atoms with E-state index in [1.165, 1.54) is 11.1 Å². The Bertz CT molecular complexity index is 872. The lowest BCUT2D eigenvalue weighted by atomic mass is 10.0. The fourth-order valence-corrected chi connectivity index (χ4v) is 3.73. The molecule has 2 aromatic rings. The lowest BCUT2D eigenvalue weighted by molar-refractivity contribution is 0.0180. The summed E-state index contributed by atoms with van der Waals surface area (Å²) in [5.41, 5.74) is 3.43. The van der Waals surface area contributed by atoms with Gasteiger partial charge in [-0.25, -0.2) is 0 Å². The van der Waals surface area contributed by atoms with Crippen molar-refractivity contribution >= 4 is 35.6 Å². The highest BCUT2D eigenvalue weighted by molar-refractivity contribution is 14.0. The number of anilines is 1. The Balaban J connectivity index is 0.00000363. The quantitative estimate of drug-likeness (QED) is 0.291. The summed E-state index contributed by atoms with van der Waals surface area (Å²) in [6.45, 7) is 8.95. The molecule has 0 saturated carbocycles. The third kappa shape index (κ3) is 7.25. The largest absolute Gasteiger partial charge is 0.493 e. The number of morpholine rings is 1. The van der Waals surface area contributed by atoms with Crippen LogP contribution in [0.4, 0.5) is 5.69 Å². The third-order valence-corrected chi connectivity index (χ3v) is 5.33. The van der Waals surface area contributed by atoms with Crippen molar-refractivity contribution in [2.24, 2.45) is 4.99 Å². The minimum atomic E-state index is 0. The van der Waals surface area contributed by atoms with Crippen LogP contribution < -0.4 is 20.1 Å². The SMILES string of the molecule is CCNC(=NCC(c1cccc(C)c1)N1CCOCC1)Nc1ccc(OC)c(OC)c1.I. The van der Waals surface area contributed by atoms with Gasteiger partial charge in [-0.15, -0.1) is 24.0 Å². The lowest BCUT2D eigenvalue weighted by Gasteiger charge is -2.34. The van der Waals surface area contributed by atoms with E-state index in [-0.39, 0.29) is 30.0 Å². The first-order valence-corrected chi connectivity index (χ1v) is 10.8. The van der Waals surface area contributed by atoms with Crippen LogP contribution in [0, 0.1) is 6.92 Å². The average molecular weight is 554 g/mol. The Morgan fingerprint density at radius 1 is 1.09 bits per heavy atom. The molecule has 7 nitrogen and oxygen atoms in total. The second kappa shape index (κ2) is 13.5. The van der Waals surface area contributed by atoms with Crippen molar-refractivity contribution in [3.05, 3.63) is 53.6 Å². The molecule has 1 atom stereocenters. The monoisotopic (exact) mass is 554 g/mol. The van der Waals surface area contributed by atoms with Crippen LogP contribution >= 0.6 is 24.0 Å². The van der Waals surface area contributed by atoms with Crippen LogP contribution in [0.2, 0.25) is 0 Å². The summed E-state index contributed by atoms with van der Waals surface area (Å²) in [5.74, 6) is 2.11. The Hall–Kier alpha value is -2.04. The topological polar surface area (TPSA) is 67.4 Å². The maximum absolute atomic E-state index is 5.57. The van der Waals surface area contributed by atoms with Crippen LogP contribution in [0.15, 0.2) is 47.5 Å². The number of aryl methyl sites for hydroxylation is 1. The van der Waals surface area contributed by atoms with Gasteiger partial charge in [-0.05, 0) is 31.5 Å². The zero-order valence-corrected chi connectivity index (χ0v) is 21.7. The zero-order chi connectivity index (χ0) is 22.1. The number of ether oxygens (including phenoxy) is 3. The van der Waals surface area contributed by atoms with Crippen molar-refractivity contribution in [1.29, 1.82) is 0 Å². The Kier molecular flexibility index (Phi) is 11.1. The number of nitrogens with zero attached hydrogens (tertiary/aromatic N) is 2. The maximum Gasteiger partial charge on any atom is 0.195 e. The molecular weight excluding hydrogens is 519 g/mol. The van der Waals surface area contributed by atoms with Gasteiger partial charge in [-0.2, -0.15) is 0 Å². The van der Waals surface area contributed by atoms with Gasteiger partial charge in [-0.1, -0.05) is 29.8 Å². The molecule has 0 spiro atoms. The zero-order valence-electron chi connectivity index (χ0n) is 19.4. The van der Waals surface area contributed by atoms with E-state index < -0.39 is 0 Å². The Morgan fingerprint density at radius 2 is 1.84 bits per heavy atom. The van der Waals surface area contributed by atoms with Gasteiger partial charge in [0.15, 0.2) is 17.5 Å². The summed E-state index contributed by atoms with van der Waals surface area (Å²) in [6, 6.07) is 14.6. The highest BCUT2D eigenvalue weighted by Crippen LogP contribution is 2.30. The van der Waals surface area contributed by atoms with Gasteiger partial charge < -0.3 is 24.8 Å². The van der Waals surface area contributed by atoms with Gasteiger partial charge in [0, 0.05) is 31.4 Å². The molecule has 0 bridgehead atoms. The molecule has 1 saturated heterocycles. The molecule has 0 aromatic heterocycles. The van der Waals surface area contributed by atoms with E-state index >= 15 is 0 Å². The lowest BCUT2D eigenvalue weighted by Crippen LogP contribution is -2.41. The van der Waals surface area contributed by atoms with Gasteiger partial charge in [0.25, 0.3) is 0 Å². The number of halogens is 1. The normalized spacial score (nSPS) is 15.4. The summed E-state index contributed by atoms with van der Waals surface area (Å²) in [7, 11) is 3.27. The highest BCUT2D eigenvalue weighted by Gasteiger charge is 2.22. The molecule has 0 radical (unpaired) electrons. The number of nitrogens with one attached hydrogen (secondary N) is 2. The van der Waals surface area contributed by atoms with Crippen molar-refractivity contribution in [1.82, 2.24) is 10.2 Å². The maximum atomic E-state index is 5.57. The molecule has 176 valence electrons. The molecule has 1 aliphatic heterocycles. The first kappa shape index (κ1) is 26.2. The van der Waals surface area contributed by atoms with Gasteiger partial charge in [-0.3, -0.25) is 9.89 Å². The molecule has 2 N–H and O–H groups in total. The predicted molar refractivity (Wildman–Crippen MR) is 141 cm³/mol. The van der Waals surface area contributed by atoms with Crippen LogP contribution in [0.3, 0.4) is 0 Å². The molecule has 0 aliphatic carbocycles. The third-order valence-electron chi connectivity index (χ3n) is 5.33. The standard InChI is InChI=1S/C24H34N4O3.HI/c1-5-25-24(27-20-9-10-22(29-3)23(16-20)30-4)26-17-21(28-11-13-31-14-12-28)19-8-6-7-18(2)15-19;/h6-10,15-16,21H,5,11-14,17H2,1-4H3,(H2,25,26,27);1H. The van der Waals surface area contributed by atoms with Crippen LogP contribution in [-0.4, -0.2) is 64.5 Å². The minimum absolute atomic E-state index is 0. The fourth-order valence-electron chi connectivity index (χ4n) is 3.73. The molecule has 3 rings (SSSR count). The molecule has 32 heavy (non-hydrogen) atoms. The van der Waals surface area contributed by atoms with Crippen molar-refractivity contribution < 1.29 is 14.2 Å². The summed E-state index contributed by atoms with van der Waals surface area (Å²) in [4.78, 5) is 7.39. The molecule has 1 aliphatic rings. The molecule has 8 heteroatoms. The van der Waals surface area contributed by atoms with Crippen LogP contribution in [0.25, 0.3) is 0 Å². The van der Waals surface area contributed by atoms with Crippen molar-refractivity contribution in [2.45, 2.75) is 19.9 Å². The Morgan fingerprint density at radius 3 is 2.50 bits per heavy atom. The second-order valence-corrected chi connectivity index (χ2v) is 7.49. The second-order valence-electron chi connectivity index (χ2n) is 7.49. The fraction of sp³-hybridized carbons (Fsp3) is 0.458. The van der Waals surface area contributed by atoms with Crippen LogP contribution in [0.1, 0.15) is 24.1 Å². The van der Waals surface area contributed by atoms with Crippen molar-refractivity contribution in [3.63, 3.8) is 0 Å². The number of aliphatic imine (C=N–C) groups is 1. The summed E-state index contributed by atoms with van der Waals surface area (Å²) < 4.78 is 16.3. The average Bonchev–Trinajstić information content (AvgIpc) is 2.80. The first-order chi connectivity index (χ1) is 15.1. The van der Waals surface area contributed by atoms with E-state index in [1.54, 1.807) is 14.2 Å². The first-order valence-electron chi connectivity index (χ1n) is 10.8. The molecule has 2 aromatic carbocycles. The van der Waals surface area contributed by atoms with E-state index in [0.717, 1.165) is 44.5 Å². The highest BCUT2D eigenvalue weighted by atomic mass is 127. The van der Waals surface area contributed by atoms with E-state index in [2.05, 4.69) is 53.6 Å². The molecule has 1 heterocycles. The van der Waals surface area contributed by atoms with Crippen molar-refractivity contribution in [3.8, 4) is 11.5 Å². The summed E-state index contributed by atoms with van der Waals surface area (Å²) >= 11 is 0. The number of benzene rings is 2. The van der Waals surface area contributed by atoms with Gasteiger partial charge in [0.2, 0.25) is 0 Å². The Labute approximate surface area is 208 Å². The van der Waals surface area contributed by atoms with Crippen molar-refractivity contribution in [2.75, 3.05) is 58.9 Å². The minimum Gasteiger partial charge on any atom is -0.493 e. The summed E-state index contributed by atoms with van der Waals surface area (Å²) in [5, 5.41) is 6.73. The van der Waals surface area contributed by atoms with E-state index in [0.29, 0.717) is 18.0 Å². The number of rotatable bonds is 8. The van der Waals surface area contributed by atoms with Gasteiger partial charge in [0.05, 0.1) is 40.0 Å². The smallest absolute Gasteiger partial charge is 0.195 e. The van der Waals surface area contributed by atoms with E-state index in [9.17, 15) is 0 Å². The molecule has 0 amide bonds. The molecule has 1 fully saturated rings. The van der Waals surface area contributed by atoms with Gasteiger partial charge >= 0.3 is 0 Å². The predicted octanol–water partition coefficient (Wildman–Crippen LogP) is 4.08. The van der Waals surface area contributed by atoms with E-state index in [4.69, 9.17) is 19.2 Å². The van der Waals surface area contributed by atoms with E-state index in [1.807, 2.05) is 18.2 Å². The number of guanidine groups is 1. The molecule has 1 unspecified atom stereocenters. The number of hydrogen-bond donors (Lipinski definition) is 2. The van der Waals surface area contributed by atoms with Crippen LogP contribution in [0.5, 0.6) is 11.5 Å². The van der Waals surface area contributed by atoms with Crippen LogP contribution in [-0.2, 0) is 4.74 Å². The van der Waals surface area contributed by atoms with Gasteiger partial charge in [0.1, 0.15) is 0 Å². The number of methoxy groups -OCH3 is 2. The summed E-state index contributed by atoms with van der Waals surface area (Å²) in [6.07, 6.45) is 0. The molecular formula is C24H35IN4O3.